The van der Waals surface area contributed by atoms with Crippen molar-refractivity contribution >= 4 is 5.69 Å². The van der Waals surface area contributed by atoms with Crippen LogP contribution in [0.2, 0.25) is 0 Å². The highest BCUT2D eigenvalue weighted by atomic mass is 19.1. The summed E-state index contributed by atoms with van der Waals surface area (Å²) in [6, 6.07) is 7.47. The number of halogens is 1. The number of tetrazole rings is 1. The molecule has 25 heavy (non-hydrogen) atoms. The quantitative estimate of drug-likeness (QED) is 0.853. The molecule has 0 bridgehead atoms. The van der Waals surface area contributed by atoms with Crippen molar-refractivity contribution in [3.63, 3.8) is 0 Å². The van der Waals surface area contributed by atoms with Crippen LogP contribution in [0.5, 0.6) is 0 Å². The van der Waals surface area contributed by atoms with E-state index in [1.807, 2.05) is 16.8 Å². The summed E-state index contributed by atoms with van der Waals surface area (Å²) < 4.78 is 16.0. The van der Waals surface area contributed by atoms with Crippen molar-refractivity contribution in [1.82, 2.24) is 25.1 Å². The van der Waals surface area contributed by atoms with Crippen LogP contribution in [0.4, 0.5) is 10.1 Å². The van der Waals surface area contributed by atoms with Gasteiger partial charge in [-0.15, -0.1) is 5.10 Å². The number of hydrogen-bond donors (Lipinski definition) is 0. The van der Waals surface area contributed by atoms with Crippen LogP contribution in [0.3, 0.4) is 0 Å². The van der Waals surface area contributed by atoms with E-state index in [4.69, 9.17) is 0 Å². The lowest BCUT2D eigenvalue weighted by Crippen LogP contribution is -2.46. The van der Waals surface area contributed by atoms with Gasteiger partial charge >= 0.3 is 0 Å². The van der Waals surface area contributed by atoms with Crippen LogP contribution in [0.25, 0.3) is 0 Å². The molecule has 2 fully saturated rings. The average Bonchev–Trinajstić information content (AvgIpc) is 3.12. The smallest absolute Gasteiger partial charge is 0.165 e. The predicted octanol–water partition coefficient (Wildman–Crippen LogP) is 2.64. The van der Waals surface area contributed by atoms with Crippen LogP contribution in [0, 0.1) is 5.82 Å². The first kappa shape index (κ1) is 16.4. The second kappa shape index (κ2) is 7.47. The van der Waals surface area contributed by atoms with Crippen molar-refractivity contribution in [2.45, 2.75) is 44.7 Å². The largest absolute Gasteiger partial charge is 0.367 e. The Morgan fingerprint density at radius 1 is 1.00 bits per heavy atom. The number of aromatic nitrogens is 4. The van der Waals surface area contributed by atoms with Crippen LogP contribution in [-0.2, 0) is 6.54 Å². The molecule has 0 N–H and O–H groups in total. The molecule has 0 spiro atoms. The maximum absolute atomic E-state index is 14.0. The highest BCUT2D eigenvalue weighted by molar-refractivity contribution is 5.47. The monoisotopic (exact) mass is 344 g/mol. The van der Waals surface area contributed by atoms with Crippen LogP contribution < -0.4 is 4.90 Å². The fourth-order valence-electron chi connectivity index (χ4n) is 3.98. The zero-order valence-corrected chi connectivity index (χ0v) is 14.5. The number of piperazine rings is 1. The van der Waals surface area contributed by atoms with Crippen LogP contribution in [0.15, 0.2) is 24.3 Å². The van der Waals surface area contributed by atoms with Gasteiger partial charge in [-0.2, -0.15) is 0 Å². The molecule has 1 saturated carbocycles. The third kappa shape index (κ3) is 3.66. The van der Waals surface area contributed by atoms with Crippen LogP contribution in [-0.4, -0.2) is 51.3 Å². The first-order valence-corrected chi connectivity index (χ1v) is 9.30. The zero-order chi connectivity index (χ0) is 17.1. The molecule has 1 aliphatic carbocycles. The number of rotatable bonds is 4. The molecule has 134 valence electrons. The highest BCUT2D eigenvalue weighted by Crippen LogP contribution is 2.28. The number of para-hydroxylation sites is 1. The van der Waals surface area contributed by atoms with E-state index in [0.717, 1.165) is 38.5 Å². The standard InChI is InChI=1S/C18H25FN6/c19-16-8-4-5-9-17(16)24-12-10-23(11-13-24)14-18-20-21-22-25(18)15-6-2-1-3-7-15/h4-5,8-9,15H,1-3,6-7,10-14H2. The van der Waals surface area contributed by atoms with E-state index in [2.05, 4.69) is 25.3 Å². The summed E-state index contributed by atoms with van der Waals surface area (Å²) in [6.45, 7) is 4.21. The Morgan fingerprint density at radius 3 is 2.52 bits per heavy atom. The molecule has 1 aliphatic heterocycles. The maximum atomic E-state index is 14.0. The number of benzene rings is 1. The van der Waals surface area contributed by atoms with Gasteiger partial charge in [0.1, 0.15) is 5.82 Å². The van der Waals surface area contributed by atoms with Gasteiger partial charge in [-0.1, -0.05) is 31.4 Å². The van der Waals surface area contributed by atoms with E-state index in [-0.39, 0.29) is 5.82 Å². The van der Waals surface area contributed by atoms with Crippen molar-refractivity contribution in [2.24, 2.45) is 0 Å². The average molecular weight is 344 g/mol. The number of nitrogens with zero attached hydrogens (tertiary/aromatic N) is 6. The molecule has 1 saturated heterocycles. The Hall–Kier alpha value is -2.02. The zero-order valence-electron chi connectivity index (χ0n) is 14.5. The van der Waals surface area contributed by atoms with E-state index in [9.17, 15) is 4.39 Å². The molecule has 2 heterocycles. The molecule has 1 aromatic heterocycles. The Labute approximate surface area is 147 Å². The molecular formula is C18H25FN6. The van der Waals surface area contributed by atoms with Gasteiger partial charge in [0.2, 0.25) is 0 Å². The summed E-state index contributed by atoms with van der Waals surface area (Å²) in [6.07, 6.45) is 6.22. The van der Waals surface area contributed by atoms with E-state index in [0.29, 0.717) is 11.7 Å². The van der Waals surface area contributed by atoms with E-state index < -0.39 is 0 Å². The lowest BCUT2D eigenvalue weighted by molar-refractivity contribution is 0.229. The summed E-state index contributed by atoms with van der Waals surface area (Å²) in [5, 5.41) is 12.4. The molecule has 2 aromatic rings. The molecule has 2 aliphatic rings. The number of anilines is 1. The van der Waals surface area contributed by atoms with E-state index in [1.165, 1.54) is 38.2 Å². The highest BCUT2D eigenvalue weighted by Gasteiger charge is 2.24. The Morgan fingerprint density at radius 2 is 1.76 bits per heavy atom. The minimum Gasteiger partial charge on any atom is -0.367 e. The number of hydrogen-bond acceptors (Lipinski definition) is 5. The van der Waals surface area contributed by atoms with Crippen LogP contribution >= 0.6 is 0 Å². The van der Waals surface area contributed by atoms with Crippen molar-refractivity contribution in [3.8, 4) is 0 Å². The van der Waals surface area contributed by atoms with E-state index >= 15 is 0 Å². The molecule has 0 atom stereocenters. The first-order chi connectivity index (χ1) is 12.3. The molecule has 0 radical (unpaired) electrons. The predicted molar refractivity (Wildman–Crippen MR) is 93.8 cm³/mol. The SMILES string of the molecule is Fc1ccccc1N1CCN(Cc2nnnn2C2CCCCC2)CC1. The second-order valence-corrected chi connectivity index (χ2v) is 7.05. The Kier molecular flexibility index (Phi) is 4.92. The molecular weight excluding hydrogens is 319 g/mol. The third-order valence-corrected chi connectivity index (χ3v) is 5.41. The Bertz CT molecular complexity index is 688. The fraction of sp³-hybridized carbons (Fsp3) is 0.611. The maximum Gasteiger partial charge on any atom is 0.165 e. The van der Waals surface area contributed by atoms with Gasteiger partial charge in [0.15, 0.2) is 5.82 Å². The lowest BCUT2D eigenvalue weighted by Gasteiger charge is -2.36. The fourth-order valence-corrected chi connectivity index (χ4v) is 3.98. The molecule has 0 unspecified atom stereocenters. The minimum absolute atomic E-state index is 0.141. The molecule has 1 aromatic carbocycles. The Balaban J connectivity index is 1.36. The first-order valence-electron chi connectivity index (χ1n) is 9.30. The lowest BCUT2D eigenvalue weighted by atomic mass is 9.95. The minimum atomic E-state index is -0.141. The van der Waals surface area contributed by atoms with Crippen LogP contribution in [0.1, 0.15) is 44.0 Å². The summed E-state index contributed by atoms with van der Waals surface area (Å²) in [4.78, 5) is 4.48. The van der Waals surface area contributed by atoms with Gasteiger partial charge in [0.05, 0.1) is 18.3 Å². The molecule has 7 heteroatoms. The summed E-state index contributed by atoms with van der Waals surface area (Å²) in [5.74, 6) is 0.823. The molecule has 4 rings (SSSR count). The van der Waals surface area contributed by atoms with Crippen molar-refractivity contribution in [3.05, 3.63) is 35.9 Å². The topological polar surface area (TPSA) is 50.1 Å². The van der Waals surface area contributed by atoms with E-state index in [1.54, 1.807) is 6.07 Å². The van der Waals surface area contributed by atoms with Crippen molar-refractivity contribution in [2.75, 3.05) is 31.1 Å². The van der Waals surface area contributed by atoms with Gasteiger partial charge in [0, 0.05) is 26.2 Å². The summed E-state index contributed by atoms with van der Waals surface area (Å²) in [7, 11) is 0. The summed E-state index contributed by atoms with van der Waals surface area (Å²) >= 11 is 0. The van der Waals surface area contributed by atoms with Gasteiger partial charge < -0.3 is 4.90 Å². The third-order valence-electron chi connectivity index (χ3n) is 5.41. The second-order valence-electron chi connectivity index (χ2n) is 7.05. The van der Waals surface area contributed by atoms with Crippen molar-refractivity contribution < 1.29 is 4.39 Å². The van der Waals surface area contributed by atoms with Gasteiger partial charge in [0.25, 0.3) is 0 Å². The van der Waals surface area contributed by atoms with Gasteiger partial charge in [-0.05, 0) is 35.4 Å². The molecule has 0 amide bonds. The normalized spacial score (nSPS) is 20.1. The van der Waals surface area contributed by atoms with Gasteiger partial charge in [-0.3, -0.25) is 4.90 Å². The van der Waals surface area contributed by atoms with Crippen molar-refractivity contribution in [1.29, 1.82) is 0 Å². The van der Waals surface area contributed by atoms with Gasteiger partial charge in [-0.25, -0.2) is 9.07 Å². The molecule has 6 nitrogen and oxygen atoms in total. The summed E-state index contributed by atoms with van der Waals surface area (Å²) in [5.41, 5.74) is 0.703.